The summed E-state index contributed by atoms with van der Waals surface area (Å²) in [7, 11) is 1.23. The first-order valence-electron chi connectivity index (χ1n) is 7.72. The minimum Gasteiger partial charge on any atom is -0.467 e. The predicted molar refractivity (Wildman–Crippen MR) is 89.2 cm³/mol. The lowest BCUT2D eigenvalue weighted by Gasteiger charge is -2.19. The molecule has 2 rings (SSSR count). The van der Waals surface area contributed by atoms with Gasteiger partial charge in [-0.05, 0) is 48.7 Å². The zero-order chi connectivity index (χ0) is 18.6. The number of aryl methyl sites for hydroxylation is 2. The molecule has 0 aromatic heterocycles. The Balaban J connectivity index is 2.24. The fraction of sp³-hybridized carbons (Fsp3) is 0.263. The Bertz CT molecular complexity index is 785. The Labute approximate surface area is 144 Å². The van der Waals surface area contributed by atoms with Gasteiger partial charge in [0.1, 0.15) is 6.04 Å². The predicted octanol–water partition coefficient (Wildman–Crippen LogP) is 3.10. The Morgan fingerprint density at radius 1 is 1.08 bits per heavy atom. The molecule has 25 heavy (non-hydrogen) atoms. The summed E-state index contributed by atoms with van der Waals surface area (Å²) in [6, 6.07) is 7.59. The number of benzene rings is 2. The molecule has 1 atom stereocenters. The summed E-state index contributed by atoms with van der Waals surface area (Å²) in [5.74, 6) is -3.47. The van der Waals surface area contributed by atoms with E-state index in [1.54, 1.807) is 0 Å². The lowest BCUT2D eigenvalue weighted by Crippen LogP contribution is -2.43. The maximum absolute atomic E-state index is 13.3. The van der Waals surface area contributed by atoms with E-state index >= 15 is 0 Å². The summed E-state index contributed by atoms with van der Waals surface area (Å²) in [5, 5.41) is 2.53. The average Bonchev–Trinajstić information content (AvgIpc) is 2.58. The van der Waals surface area contributed by atoms with Crippen LogP contribution in [-0.2, 0) is 16.0 Å². The fourth-order valence-electron chi connectivity index (χ4n) is 2.59. The molecule has 0 aliphatic heterocycles. The van der Waals surface area contributed by atoms with E-state index in [4.69, 9.17) is 4.74 Å². The number of hydrogen-bond acceptors (Lipinski definition) is 3. The van der Waals surface area contributed by atoms with E-state index < -0.39 is 29.6 Å². The highest BCUT2D eigenvalue weighted by atomic mass is 19.2. The van der Waals surface area contributed by atoms with E-state index in [2.05, 4.69) is 5.32 Å². The minimum absolute atomic E-state index is 0.0747. The molecule has 0 fully saturated rings. The Morgan fingerprint density at radius 2 is 1.72 bits per heavy atom. The second kappa shape index (κ2) is 7.88. The lowest BCUT2D eigenvalue weighted by molar-refractivity contribution is -0.142. The van der Waals surface area contributed by atoms with Crippen LogP contribution in [0, 0.1) is 25.5 Å². The van der Waals surface area contributed by atoms with Crippen LogP contribution in [0.2, 0.25) is 0 Å². The third kappa shape index (κ3) is 4.41. The number of nitrogens with one attached hydrogen (secondary N) is 1. The highest BCUT2D eigenvalue weighted by Gasteiger charge is 2.24. The highest BCUT2D eigenvalue weighted by Crippen LogP contribution is 2.16. The molecule has 2 aromatic rings. The van der Waals surface area contributed by atoms with Crippen molar-refractivity contribution in [3.63, 3.8) is 0 Å². The number of carbonyl (C=O) groups excluding carboxylic acids is 2. The van der Waals surface area contributed by atoms with E-state index in [1.807, 2.05) is 32.0 Å². The van der Waals surface area contributed by atoms with Crippen molar-refractivity contribution in [3.05, 3.63) is 70.3 Å². The molecule has 0 unspecified atom stereocenters. The number of methoxy groups -OCH3 is 1. The molecule has 2 aromatic carbocycles. The van der Waals surface area contributed by atoms with Crippen LogP contribution in [0.1, 0.15) is 27.0 Å². The van der Waals surface area contributed by atoms with Crippen molar-refractivity contribution >= 4 is 11.9 Å². The second-order valence-electron chi connectivity index (χ2n) is 5.75. The lowest BCUT2D eigenvalue weighted by atomic mass is 9.96. The summed E-state index contributed by atoms with van der Waals surface area (Å²) >= 11 is 0. The fourth-order valence-corrected chi connectivity index (χ4v) is 2.59. The molecule has 6 heteroatoms. The first-order chi connectivity index (χ1) is 11.8. The quantitative estimate of drug-likeness (QED) is 0.846. The molecule has 132 valence electrons. The zero-order valence-electron chi connectivity index (χ0n) is 14.2. The van der Waals surface area contributed by atoms with E-state index in [9.17, 15) is 18.4 Å². The summed E-state index contributed by atoms with van der Waals surface area (Å²) in [6.45, 7) is 3.82. The molecular formula is C19H19F2NO3. The number of rotatable bonds is 5. The molecule has 0 heterocycles. The molecule has 0 saturated heterocycles. The maximum Gasteiger partial charge on any atom is 0.328 e. The largest absolute Gasteiger partial charge is 0.467 e. The molecule has 0 spiro atoms. The van der Waals surface area contributed by atoms with Crippen LogP contribution in [-0.4, -0.2) is 25.0 Å². The summed E-state index contributed by atoms with van der Waals surface area (Å²) < 4.78 is 31.1. The monoisotopic (exact) mass is 347 g/mol. The van der Waals surface area contributed by atoms with E-state index in [-0.39, 0.29) is 12.0 Å². The van der Waals surface area contributed by atoms with Gasteiger partial charge < -0.3 is 10.1 Å². The smallest absolute Gasteiger partial charge is 0.328 e. The van der Waals surface area contributed by atoms with Crippen molar-refractivity contribution in [1.82, 2.24) is 5.32 Å². The first-order valence-corrected chi connectivity index (χ1v) is 7.72. The SMILES string of the molecule is COC(=O)[C@@H](Cc1c(C)cccc1C)NC(=O)c1ccc(F)c(F)c1. The van der Waals surface area contributed by atoms with E-state index in [1.165, 1.54) is 7.11 Å². The molecule has 1 N–H and O–H groups in total. The third-order valence-corrected chi connectivity index (χ3v) is 4.03. The van der Waals surface area contributed by atoms with Gasteiger partial charge in [-0.3, -0.25) is 4.79 Å². The van der Waals surface area contributed by atoms with Crippen LogP contribution in [0.3, 0.4) is 0 Å². The van der Waals surface area contributed by atoms with Crippen molar-refractivity contribution in [1.29, 1.82) is 0 Å². The van der Waals surface area contributed by atoms with E-state index in [0.717, 1.165) is 34.9 Å². The van der Waals surface area contributed by atoms with Crippen molar-refractivity contribution < 1.29 is 23.1 Å². The molecule has 0 radical (unpaired) electrons. The second-order valence-corrected chi connectivity index (χ2v) is 5.75. The van der Waals surface area contributed by atoms with Crippen LogP contribution >= 0.6 is 0 Å². The van der Waals surface area contributed by atoms with Gasteiger partial charge in [-0.25, -0.2) is 13.6 Å². The van der Waals surface area contributed by atoms with Crippen LogP contribution in [0.15, 0.2) is 36.4 Å². The molecular weight excluding hydrogens is 328 g/mol. The third-order valence-electron chi connectivity index (χ3n) is 4.03. The Morgan fingerprint density at radius 3 is 2.28 bits per heavy atom. The molecule has 0 aliphatic rings. The molecule has 0 aliphatic carbocycles. The van der Waals surface area contributed by atoms with Gasteiger partial charge >= 0.3 is 5.97 Å². The highest BCUT2D eigenvalue weighted by molar-refractivity contribution is 5.96. The Hall–Kier alpha value is -2.76. The average molecular weight is 347 g/mol. The summed E-state index contributed by atoms with van der Waals surface area (Å²) in [6.07, 6.45) is 0.237. The van der Waals surface area contributed by atoms with Crippen molar-refractivity contribution in [2.75, 3.05) is 7.11 Å². The summed E-state index contributed by atoms with van der Waals surface area (Å²) in [5.41, 5.74) is 2.81. The molecule has 1 amide bonds. The normalized spacial score (nSPS) is 11.7. The van der Waals surface area contributed by atoms with Crippen molar-refractivity contribution in [3.8, 4) is 0 Å². The number of hydrogen-bond donors (Lipinski definition) is 1. The van der Waals surface area contributed by atoms with Gasteiger partial charge in [-0.2, -0.15) is 0 Å². The van der Waals surface area contributed by atoms with Gasteiger partial charge in [0.05, 0.1) is 7.11 Å². The van der Waals surface area contributed by atoms with Crippen LogP contribution in [0.5, 0.6) is 0 Å². The first kappa shape index (κ1) is 18.6. The van der Waals surface area contributed by atoms with Gasteiger partial charge in [-0.1, -0.05) is 18.2 Å². The van der Waals surface area contributed by atoms with E-state index in [0.29, 0.717) is 0 Å². The number of amides is 1. The number of ether oxygens (including phenoxy) is 1. The standard InChI is InChI=1S/C19H19F2NO3/c1-11-5-4-6-12(2)14(11)10-17(19(24)25-3)22-18(23)13-7-8-15(20)16(21)9-13/h4-9,17H,10H2,1-3H3,(H,22,23)/t17-/m1/s1. The van der Waals surface area contributed by atoms with Gasteiger partial charge in [0, 0.05) is 12.0 Å². The Kier molecular flexibility index (Phi) is 5.85. The van der Waals surface area contributed by atoms with Gasteiger partial charge in [0.15, 0.2) is 11.6 Å². The minimum atomic E-state index is -1.13. The topological polar surface area (TPSA) is 55.4 Å². The molecule has 4 nitrogen and oxygen atoms in total. The maximum atomic E-state index is 13.3. The van der Waals surface area contributed by atoms with Crippen LogP contribution < -0.4 is 5.32 Å². The van der Waals surface area contributed by atoms with Gasteiger partial charge in [-0.15, -0.1) is 0 Å². The number of carbonyl (C=O) groups is 2. The van der Waals surface area contributed by atoms with Crippen molar-refractivity contribution in [2.24, 2.45) is 0 Å². The zero-order valence-corrected chi connectivity index (χ0v) is 14.2. The molecule has 0 bridgehead atoms. The number of halogens is 2. The van der Waals surface area contributed by atoms with Crippen LogP contribution in [0.4, 0.5) is 8.78 Å². The van der Waals surface area contributed by atoms with Crippen molar-refractivity contribution in [2.45, 2.75) is 26.3 Å². The van der Waals surface area contributed by atoms with Gasteiger partial charge in [0.25, 0.3) is 5.91 Å². The van der Waals surface area contributed by atoms with Gasteiger partial charge in [0.2, 0.25) is 0 Å². The number of esters is 1. The summed E-state index contributed by atoms with van der Waals surface area (Å²) in [4.78, 5) is 24.3. The molecule has 0 saturated carbocycles. The van der Waals surface area contributed by atoms with Crippen LogP contribution in [0.25, 0.3) is 0 Å².